The number of halogens is 2. The second-order valence-corrected chi connectivity index (χ2v) is 5.12. The molecule has 0 spiro atoms. The van der Waals surface area contributed by atoms with E-state index in [2.05, 4.69) is 15.3 Å². The zero-order chi connectivity index (χ0) is 16.0. The van der Waals surface area contributed by atoms with Crippen LogP contribution in [0, 0.1) is 6.92 Å². The molecule has 0 aliphatic carbocycles. The Kier molecular flexibility index (Phi) is 6.74. The fraction of sp³-hybridized carbons (Fsp3) is 0.714. The van der Waals surface area contributed by atoms with Crippen molar-refractivity contribution in [3.63, 3.8) is 0 Å². The number of nitrogens with one attached hydrogen (secondary N) is 1. The average Bonchev–Trinajstić information content (AvgIpc) is 2.40. The van der Waals surface area contributed by atoms with Crippen molar-refractivity contribution in [2.45, 2.75) is 40.0 Å². The van der Waals surface area contributed by atoms with Gasteiger partial charge in [-0.25, -0.2) is 18.7 Å². The summed E-state index contributed by atoms with van der Waals surface area (Å²) in [6.07, 6.45) is -2.49. The molecular weight excluding hydrogens is 278 g/mol. The first-order chi connectivity index (χ1) is 9.90. The monoisotopic (exact) mass is 302 g/mol. The van der Waals surface area contributed by atoms with Gasteiger partial charge in [-0.3, -0.25) is 0 Å². The molecule has 7 heteroatoms. The number of aliphatic hydroxyl groups is 1. The van der Waals surface area contributed by atoms with Crippen molar-refractivity contribution < 1.29 is 13.9 Å². The van der Waals surface area contributed by atoms with Crippen molar-refractivity contribution in [3.05, 3.63) is 11.4 Å². The summed E-state index contributed by atoms with van der Waals surface area (Å²) < 4.78 is 25.5. The fourth-order valence-corrected chi connectivity index (χ4v) is 2.00. The van der Waals surface area contributed by atoms with Crippen molar-refractivity contribution >= 4 is 11.6 Å². The highest BCUT2D eigenvalue weighted by Gasteiger charge is 2.20. The van der Waals surface area contributed by atoms with E-state index in [1.165, 1.54) is 4.90 Å². The van der Waals surface area contributed by atoms with Crippen LogP contribution in [-0.2, 0) is 0 Å². The Morgan fingerprint density at radius 3 is 2.43 bits per heavy atom. The minimum Gasteiger partial charge on any atom is -0.395 e. The molecule has 0 amide bonds. The molecule has 21 heavy (non-hydrogen) atoms. The van der Waals surface area contributed by atoms with Crippen molar-refractivity contribution in [2.24, 2.45) is 0 Å². The molecule has 0 radical (unpaired) electrons. The molecular formula is C14H24F2N4O. The predicted molar refractivity (Wildman–Crippen MR) is 80.3 cm³/mol. The summed E-state index contributed by atoms with van der Waals surface area (Å²) in [4.78, 5) is 10.3. The molecule has 0 atom stereocenters. The van der Waals surface area contributed by atoms with Crippen LogP contribution in [0.4, 0.5) is 20.4 Å². The molecule has 1 aromatic rings. The van der Waals surface area contributed by atoms with Gasteiger partial charge in [-0.1, -0.05) is 13.8 Å². The molecule has 0 saturated carbocycles. The highest BCUT2D eigenvalue weighted by Crippen LogP contribution is 2.26. The topological polar surface area (TPSA) is 61.3 Å². The second kappa shape index (κ2) is 8.07. The van der Waals surface area contributed by atoms with Crippen LogP contribution in [0.25, 0.3) is 0 Å². The van der Waals surface area contributed by atoms with Gasteiger partial charge in [0, 0.05) is 24.6 Å². The van der Waals surface area contributed by atoms with Gasteiger partial charge >= 0.3 is 0 Å². The van der Waals surface area contributed by atoms with E-state index < -0.39 is 13.0 Å². The summed E-state index contributed by atoms with van der Waals surface area (Å²) >= 11 is 0. The summed E-state index contributed by atoms with van der Waals surface area (Å²) in [7, 11) is 0. The smallest absolute Gasteiger partial charge is 0.255 e. The lowest BCUT2D eigenvalue weighted by molar-refractivity contribution is 0.152. The summed E-state index contributed by atoms with van der Waals surface area (Å²) in [5.74, 6) is 1.80. The Labute approximate surface area is 124 Å². The third-order valence-electron chi connectivity index (χ3n) is 3.03. The summed E-state index contributed by atoms with van der Waals surface area (Å²) in [6.45, 7) is 7.79. The molecule has 0 bridgehead atoms. The van der Waals surface area contributed by atoms with E-state index in [0.717, 1.165) is 5.56 Å². The average molecular weight is 302 g/mol. The zero-order valence-electron chi connectivity index (χ0n) is 13.0. The third kappa shape index (κ3) is 4.77. The second-order valence-electron chi connectivity index (χ2n) is 5.12. The number of anilines is 2. The largest absolute Gasteiger partial charge is 0.395 e. The number of aromatic nitrogens is 2. The Morgan fingerprint density at radius 1 is 1.29 bits per heavy atom. The molecule has 0 aromatic carbocycles. The molecule has 0 fully saturated rings. The molecule has 0 unspecified atom stereocenters. The van der Waals surface area contributed by atoms with Crippen LogP contribution in [0.3, 0.4) is 0 Å². The standard InChI is InChI=1S/C14H24F2N4O/c1-5-17-13-10(4)14(19-12(18-13)9(2)3)20(6-7-21)8-11(15)16/h9,11,21H,5-8H2,1-4H3,(H,17,18,19). The molecule has 1 rings (SSSR count). The Balaban J connectivity index is 3.28. The van der Waals surface area contributed by atoms with Crippen LogP contribution in [-0.4, -0.2) is 47.7 Å². The molecule has 0 aliphatic rings. The molecule has 5 nitrogen and oxygen atoms in total. The summed E-state index contributed by atoms with van der Waals surface area (Å²) in [5, 5.41) is 12.2. The molecule has 120 valence electrons. The molecule has 2 N–H and O–H groups in total. The number of hydrogen-bond donors (Lipinski definition) is 2. The van der Waals surface area contributed by atoms with Crippen LogP contribution < -0.4 is 10.2 Å². The highest BCUT2D eigenvalue weighted by atomic mass is 19.3. The fourth-order valence-electron chi connectivity index (χ4n) is 2.00. The summed E-state index contributed by atoms with van der Waals surface area (Å²) in [5.41, 5.74) is 0.718. The zero-order valence-corrected chi connectivity index (χ0v) is 13.0. The molecule has 1 heterocycles. The lowest BCUT2D eigenvalue weighted by atomic mass is 10.2. The van der Waals surface area contributed by atoms with Crippen LogP contribution in [0.2, 0.25) is 0 Å². The van der Waals surface area contributed by atoms with Crippen molar-refractivity contribution in [1.29, 1.82) is 0 Å². The van der Waals surface area contributed by atoms with E-state index >= 15 is 0 Å². The normalized spacial score (nSPS) is 11.3. The van der Waals surface area contributed by atoms with Gasteiger partial charge in [-0.15, -0.1) is 0 Å². The summed E-state index contributed by atoms with van der Waals surface area (Å²) in [6, 6.07) is 0. The Hall–Kier alpha value is -1.50. The first kappa shape index (κ1) is 17.6. The third-order valence-corrected chi connectivity index (χ3v) is 3.03. The Bertz CT molecular complexity index is 455. The highest BCUT2D eigenvalue weighted by molar-refractivity contribution is 5.59. The maximum atomic E-state index is 12.8. The first-order valence-electron chi connectivity index (χ1n) is 7.17. The van der Waals surface area contributed by atoms with Crippen LogP contribution >= 0.6 is 0 Å². The number of aliphatic hydroxyl groups excluding tert-OH is 1. The van der Waals surface area contributed by atoms with Gasteiger partial charge in [0.15, 0.2) is 0 Å². The van der Waals surface area contributed by atoms with E-state index in [0.29, 0.717) is 24.0 Å². The quantitative estimate of drug-likeness (QED) is 0.772. The molecule has 0 saturated heterocycles. The van der Waals surface area contributed by atoms with E-state index in [1.807, 2.05) is 20.8 Å². The number of alkyl halides is 2. The van der Waals surface area contributed by atoms with Gasteiger partial charge in [0.05, 0.1) is 13.2 Å². The van der Waals surface area contributed by atoms with E-state index in [-0.39, 0.29) is 19.1 Å². The number of nitrogens with zero attached hydrogens (tertiary/aromatic N) is 3. The Morgan fingerprint density at radius 2 is 1.95 bits per heavy atom. The minimum absolute atomic E-state index is 0.0873. The van der Waals surface area contributed by atoms with Gasteiger partial charge in [0.25, 0.3) is 6.43 Å². The van der Waals surface area contributed by atoms with Gasteiger partial charge in [0.1, 0.15) is 17.5 Å². The maximum Gasteiger partial charge on any atom is 0.255 e. The lowest BCUT2D eigenvalue weighted by Crippen LogP contribution is -2.33. The number of rotatable bonds is 8. The van der Waals surface area contributed by atoms with E-state index in [9.17, 15) is 8.78 Å². The van der Waals surface area contributed by atoms with E-state index in [1.54, 1.807) is 6.92 Å². The van der Waals surface area contributed by atoms with E-state index in [4.69, 9.17) is 5.11 Å². The van der Waals surface area contributed by atoms with Gasteiger partial charge < -0.3 is 15.3 Å². The van der Waals surface area contributed by atoms with Gasteiger partial charge in [0.2, 0.25) is 0 Å². The van der Waals surface area contributed by atoms with Gasteiger partial charge in [-0.05, 0) is 13.8 Å². The van der Waals surface area contributed by atoms with Crippen molar-refractivity contribution in [2.75, 3.05) is 36.5 Å². The SMILES string of the molecule is CCNc1nc(C(C)C)nc(N(CCO)CC(F)F)c1C. The minimum atomic E-state index is -2.49. The van der Waals surface area contributed by atoms with Crippen LogP contribution in [0.5, 0.6) is 0 Å². The van der Waals surface area contributed by atoms with Crippen LogP contribution in [0.15, 0.2) is 0 Å². The van der Waals surface area contributed by atoms with Crippen molar-refractivity contribution in [1.82, 2.24) is 9.97 Å². The van der Waals surface area contributed by atoms with Gasteiger partial charge in [-0.2, -0.15) is 0 Å². The first-order valence-corrected chi connectivity index (χ1v) is 7.17. The van der Waals surface area contributed by atoms with Crippen LogP contribution in [0.1, 0.15) is 38.1 Å². The number of hydrogen-bond acceptors (Lipinski definition) is 5. The predicted octanol–water partition coefficient (Wildman–Crippen LogP) is 2.40. The van der Waals surface area contributed by atoms with Crippen molar-refractivity contribution in [3.8, 4) is 0 Å². The lowest BCUT2D eigenvalue weighted by Gasteiger charge is -2.26. The molecule has 1 aromatic heterocycles. The maximum absolute atomic E-state index is 12.8. The molecule has 0 aliphatic heterocycles.